The maximum Gasteiger partial charge on any atom is 0.309 e. The van der Waals surface area contributed by atoms with E-state index in [4.69, 9.17) is 27.2 Å². The Balaban J connectivity index is 0.000000280. The van der Waals surface area contributed by atoms with Gasteiger partial charge in [-0.2, -0.15) is 0 Å². The molecule has 0 bridgehead atoms. The van der Waals surface area contributed by atoms with Crippen LogP contribution in [0.25, 0.3) is 0 Å². The predicted molar refractivity (Wildman–Crippen MR) is 62.2 cm³/mol. The highest BCUT2D eigenvalue weighted by Gasteiger charge is 2.36. The second kappa shape index (κ2) is 5.05. The van der Waals surface area contributed by atoms with Crippen molar-refractivity contribution in [3.05, 3.63) is 28.8 Å². The zero-order valence-electron chi connectivity index (χ0n) is 8.56. The minimum absolute atomic E-state index is 0.206. The Morgan fingerprint density at radius 2 is 1.94 bits per heavy atom. The fourth-order valence-corrected chi connectivity index (χ4v) is 1.70. The Bertz CT molecular complexity index is 394. The van der Waals surface area contributed by atoms with E-state index < -0.39 is 6.03 Å². The molecule has 5 nitrogen and oxygen atoms in total. The molecule has 0 radical (unpaired) electrons. The van der Waals surface area contributed by atoms with Crippen molar-refractivity contribution in [3.63, 3.8) is 0 Å². The zero-order valence-corrected chi connectivity index (χ0v) is 9.32. The number of phenolic OH excluding ortho intramolecular Hbond substituents is 1. The molecule has 2 amide bonds. The fourth-order valence-electron chi connectivity index (χ4n) is 1.39. The van der Waals surface area contributed by atoms with Gasteiger partial charge in [-0.1, -0.05) is 17.7 Å². The van der Waals surface area contributed by atoms with Crippen molar-refractivity contribution in [3.8, 4) is 5.75 Å². The van der Waals surface area contributed by atoms with Gasteiger partial charge < -0.3 is 22.3 Å². The van der Waals surface area contributed by atoms with Crippen LogP contribution < -0.4 is 17.2 Å². The van der Waals surface area contributed by atoms with Crippen LogP contribution in [0.3, 0.4) is 0 Å². The van der Waals surface area contributed by atoms with Gasteiger partial charge in [-0.25, -0.2) is 4.79 Å². The van der Waals surface area contributed by atoms with E-state index in [1.54, 1.807) is 12.1 Å². The van der Waals surface area contributed by atoms with Crippen LogP contribution in [-0.4, -0.2) is 17.2 Å². The summed E-state index contributed by atoms with van der Waals surface area (Å²) in [5.74, 6) is 0.607. The van der Waals surface area contributed by atoms with E-state index in [2.05, 4.69) is 11.5 Å². The van der Waals surface area contributed by atoms with E-state index >= 15 is 0 Å². The minimum Gasteiger partial charge on any atom is -0.508 e. The van der Waals surface area contributed by atoms with Gasteiger partial charge in [0.2, 0.25) is 0 Å². The van der Waals surface area contributed by atoms with Gasteiger partial charge in [0, 0.05) is 17.0 Å². The summed E-state index contributed by atoms with van der Waals surface area (Å²) in [5.41, 5.74) is 15.2. The topological polar surface area (TPSA) is 115 Å². The number of urea groups is 1. The first-order valence-electron chi connectivity index (χ1n) is 4.70. The highest BCUT2D eigenvalue weighted by Crippen LogP contribution is 2.42. The summed E-state index contributed by atoms with van der Waals surface area (Å²) in [7, 11) is 0. The Morgan fingerprint density at radius 1 is 1.44 bits per heavy atom. The molecular weight excluding hydrogens is 230 g/mol. The Morgan fingerprint density at radius 3 is 2.31 bits per heavy atom. The summed E-state index contributed by atoms with van der Waals surface area (Å²) < 4.78 is 0. The molecule has 1 aromatic rings. The van der Waals surface area contributed by atoms with E-state index in [1.807, 2.05) is 6.07 Å². The van der Waals surface area contributed by atoms with Crippen LogP contribution in [0.4, 0.5) is 4.79 Å². The summed E-state index contributed by atoms with van der Waals surface area (Å²) >= 11 is 5.91. The SMILES string of the molecule is NC(N)=O.NC1CC1c1ccc(O)cc1Cl. The average Bonchev–Trinajstić information content (AvgIpc) is 2.81. The lowest BCUT2D eigenvalue weighted by Gasteiger charge is -2.02. The Kier molecular flexibility index (Phi) is 3.98. The molecule has 1 fully saturated rings. The van der Waals surface area contributed by atoms with Crippen molar-refractivity contribution in [2.24, 2.45) is 17.2 Å². The number of hydrogen-bond donors (Lipinski definition) is 4. The third-order valence-electron chi connectivity index (χ3n) is 2.22. The molecule has 7 N–H and O–H groups in total. The molecule has 0 aromatic heterocycles. The number of rotatable bonds is 1. The van der Waals surface area contributed by atoms with Gasteiger partial charge in [0.15, 0.2) is 0 Å². The normalized spacial score (nSPS) is 21.9. The quantitative estimate of drug-likeness (QED) is 0.587. The van der Waals surface area contributed by atoms with E-state index in [-0.39, 0.29) is 11.8 Å². The Hall–Kier alpha value is -1.46. The zero-order chi connectivity index (χ0) is 12.3. The van der Waals surface area contributed by atoms with E-state index in [9.17, 15) is 0 Å². The van der Waals surface area contributed by atoms with Crippen molar-refractivity contribution < 1.29 is 9.90 Å². The number of carbonyl (C=O) groups excluding carboxylic acids is 1. The highest BCUT2D eigenvalue weighted by molar-refractivity contribution is 6.31. The molecule has 0 aliphatic heterocycles. The van der Waals surface area contributed by atoms with Gasteiger partial charge >= 0.3 is 6.03 Å². The molecule has 2 atom stereocenters. The average molecular weight is 244 g/mol. The van der Waals surface area contributed by atoms with Crippen LogP contribution in [0.2, 0.25) is 5.02 Å². The van der Waals surface area contributed by atoms with Gasteiger partial charge in [0.05, 0.1) is 0 Å². The molecule has 88 valence electrons. The number of amides is 2. The van der Waals surface area contributed by atoms with Crippen LogP contribution in [0.15, 0.2) is 18.2 Å². The lowest BCUT2D eigenvalue weighted by Crippen LogP contribution is -2.18. The molecule has 1 aliphatic rings. The van der Waals surface area contributed by atoms with Gasteiger partial charge in [0.1, 0.15) is 5.75 Å². The number of hydrogen-bond acceptors (Lipinski definition) is 3. The molecule has 16 heavy (non-hydrogen) atoms. The summed E-state index contributed by atoms with van der Waals surface area (Å²) in [6.45, 7) is 0. The largest absolute Gasteiger partial charge is 0.508 e. The minimum atomic E-state index is -0.833. The lowest BCUT2D eigenvalue weighted by atomic mass is 10.1. The second-order valence-corrected chi connectivity index (χ2v) is 4.02. The lowest BCUT2D eigenvalue weighted by molar-refractivity contribution is 0.256. The Labute approximate surface area is 98.2 Å². The first-order chi connectivity index (χ1) is 7.41. The molecule has 6 heteroatoms. The maximum absolute atomic E-state index is 9.09. The fraction of sp³-hybridized carbons (Fsp3) is 0.300. The molecule has 0 spiro atoms. The van der Waals surface area contributed by atoms with E-state index in [0.29, 0.717) is 10.9 Å². The standard InChI is InChI=1S/C9H10ClNO.CH4N2O/c10-8-3-5(12)1-2-6(8)7-4-9(7)11;2-1(3)4/h1-3,7,9,12H,4,11H2;(H4,2,3,4). The van der Waals surface area contributed by atoms with Crippen LogP contribution in [0.5, 0.6) is 5.75 Å². The monoisotopic (exact) mass is 243 g/mol. The molecule has 0 saturated heterocycles. The van der Waals surface area contributed by atoms with Gasteiger partial charge in [-0.05, 0) is 24.1 Å². The summed E-state index contributed by atoms with van der Waals surface area (Å²) in [4.78, 5) is 9.00. The van der Waals surface area contributed by atoms with Gasteiger partial charge in [-0.15, -0.1) is 0 Å². The van der Waals surface area contributed by atoms with Crippen LogP contribution >= 0.6 is 11.6 Å². The molecule has 1 aliphatic carbocycles. The van der Waals surface area contributed by atoms with E-state index in [0.717, 1.165) is 12.0 Å². The third kappa shape index (κ3) is 3.60. The summed E-state index contributed by atoms with van der Waals surface area (Å²) in [6, 6.07) is 4.47. The predicted octanol–water partition coefficient (Wildman–Crippen LogP) is 0.884. The van der Waals surface area contributed by atoms with Crippen LogP contribution in [0, 0.1) is 0 Å². The second-order valence-electron chi connectivity index (χ2n) is 3.61. The van der Waals surface area contributed by atoms with Crippen molar-refractivity contribution in [2.45, 2.75) is 18.4 Å². The smallest absolute Gasteiger partial charge is 0.309 e. The number of aromatic hydroxyl groups is 1. The van der Waals surface area contributed by atoms with Crippen molar-refractivity contribution in [1.82, 2.24) is 0 Å². The summed E-state index contributed by atoms with van der Waals surface area (Å²) in [6.07, 6.45) is 1.00. The van der Waals surface area contributed by atoms with E-state index in [1.165, 1.54) is 0 Å². The summed E-state index contributed by atoms with van der Waals surface area (Å²) in [5, 5.41) is 9.71. The third-order valence-corrected chi connectivity index (χ3v) is 2.55. The van der Waals surface area contributed by atoms with Gasteiger partial charge in [-0.3, -0.25) is 0 Å². The number of primary amides is 2. The van der Waals surface area contributed by atoms with Gasteiger partial charge in [0.25, 0.3) is 0 Å². The number of carbonyl (C=O) groups is 1. The first kappa shape index (κ1) is 12.6. The molecule has 1 aromatic carbocycles. The van der Waals surface area contributed by atoms with Crippen LogP contribution in [-0.2, 0) is 0 Å². The van der Waals surface area contributed by atoms with Crippen LogP contribution in [0.1, 0.15) is 17.9 Å². The molecule has 2 rings (SSSR count). The van der Waals surface area contributed by atoms with Crippen molar-refractivity contribution in [2.75, 3.05) is 0 Å². The molecular formula is C10H14ClN3O2. The van der Waals surface area contributed by atoms with Crippen molar-refractivity contribution >= 4 is 17.6 Å². The number of benzene rings is 1. The number of nitrogens with two attached hydrogens (primary N) is 3. The maximum atomic E-state index is 9.09. The molecule has 0 heterocycles. The first-order valence-corrected chi connectivity index (χ1v) is 5.08. The molecule has 2 unspecified atom stereocenters. The number of phenols is 1. The highest BCUT2D eigenvalue weighted by atomic mass is 35.5. The van der Waals surface area contributed by atoms with Crippen molar-refractivity contribution in [1.29, 1.82) is 0 Å². The number of halogens is 1. The molecule has 1 saturated carbocycles.